The van der Waals surface area contributed by atoms with Gasteiger partial charge < -0.3 is 10.5 Å². The Hall–Kier alpha value is -2.63. The van der Waals surface area contributed by atoms with E-state index in [9.17, 15) is 9.18 Å². The molecule has 102 valence electrons. The van der Waals surface area contributed by atoms with Gasteiger partial charge in [0, 0.05) is 24.9 Å². The first-order valence-electron chi connectivity index (χ1n) is 6.03. The average Bonchev–Trinajstić information content (AvgIpc) is 2.72. The van der Waals surface area contributed by atoms with Crippen LogP contribution in [0.25, 0.3) is 0 Å². The summed E-state index contributed by atoms with van der Waals surface area (Å²) < 4.78 is 19.0. The maximum Gasteiger partial charge on any atom is 0.232 e. The first-order chi connectivity index (χ1) is 9.56. The Kier molecular flexibility index (Phi) is 2.78. The van der Waals surface area contributed by atoms with Gasteiger partial charge in [-0.15, -0.1) is 0 Å². The van der Waals surface area contributed by atoms with E-state index in [1.165, 1.54) is 17.0 Å². The number of benzene rings is 1. The second kappa shape index (κ2) is 4.48. The molecule has 1 amide bonds. The van der Waals surface area contributed by atoms with Crippen molar-refractivity contribution < 1.29 is 13.9 Å². The lowest BCUT2D eigenvalue weighted by molar-refractivity contribution is -0.117. The first kappa shape index (κ1) is 12.4. The maximum absolute atomic E-state index is 13.4. The Morgan fingerprint density at radius 2 is 2.20 bits per heavy atom. The van der Waals surface area contributed by atoms with Gasteiger partial charge in [0.05, 0.1) is 12.1 Å². The number of halogens is 1. The summed E-state index contributed by atoms with van der Waals surface area (Å²) in [6.07, 6.45) is 1.78. The second-order valence-corrected chi connectivity index (χ2v) is 4.53. The van der Waals surface area contributed by atoms with Gasteiger partial charge in [-0.3, -0.25) is 9.69 Å². The van der Waals surface area contributed by atoms with Crippen LogP contribution in [-0.2, 0) is 11.2 Å². The number of pyridine rings is 1. The number of anilines is 2. The highest BCUT2D eigenvalue weighted by molar-refractivity contribution is 6.00. The number of nitrogens with zero attached hydrogens (tertiary/aromatic N) is 2. The van der Waals surface area contributed by atoms with E-state index in [1.54, 1.807) is 25.4 Å². The summed E-state index contributed by atoms with van der Waals surface area (Å²) in [5, 5.41) is 0. The summed E-state index contributed by atoms with van der Waals surface area (Å²) in [5.74, 6) is 0.806. The van der Waals surface area contributed by atoms with E-state index in [1.807, 2.05) is 0 Å². The van der Waals surface area contributed by atoms with E-state index in [0.717, 1.165) is 0 Å². The van der Waals surface area contributed by atoms with Gasteiger partial charge in [-0.25, -0.2) is 9.37 Å². The molecule has 0 radical (unpaired) electrons. The second-order valence-electron chi connectivity index (χ2n) is 4.53. The predicted octanol–water partition coefficient (Wildman–Crippen LogP) is 2.11. The van der Waals surface area contributed by atoms with Crippen LogP contribution < -0.4 is 15.4 Å². The molecule has 0 fully saturated rings. The van der Waals surface area contributed by atoms with Crippen LogP contribution in [0, 0.1) is 5.82 Å². The minimum absolute atomic E-state index is 0.0490. The number of aromatic nitrogens is 1. The van der Waals surface area contributed by atoms with Crippen molar-refractivity contribution in [3.8, 4) is 11.5 Å². The van der Waals surface area contributed by atoms with Gasteiger partial charge in [-0.1, -0.05) is 0 Å². The molecule has 5 nitrogen and oxygen atoms in total. The fraction of sp³-hybridized carbons (Fsp3) is 0.143. The molecule has 0 spiro atoms. The van der Waals surface area contributed by atoms with Crippen LogP contribution in [0.3, 0.4) is 0 Å². The fourth-order valence-electron chi connectivity index (χ4n) is 2.10. The Morgan fingerprint density at radius 1 is 1.40 bits per heavy atom. The van der Waals surface area contributed by atoms with Crippen LogP contribution in [0.2, 0.25) is 0 Å². The van der Waals surface area contributed by atoms with Crippen molar-refractivity contribution in [2.75, 3.05) is 17.7 Å². The zero-order valence-electron chi connectivity index (χ0n) is 10.8. The molecule has 0 saturated carbocycles. The van der Waals surface area contributed by atoms with Crippen molar-refractivity contribution in [3.05, 3.63) is 41.8 Å². The van der Waals surface area contributed by atoms with Crippen molar-refractivity contribution in [1.82, 2.24) is 4.98 Å². The van der Waals surface area contributed by atoms with Crippen LogP contribution in [0.15, 0.2) is 30.5 Å². The maximum atomic E-state index is 13.4. The highest BCUT2D eigenvalue weighted by atomic mass is 19.1. The molecule has 0 saturated heterocycles. The highest BCUT2D eigenvalue weighted by Gasteiger charge is 2.28. The lowest BCUT2D eigenvalue weighted by atomic mass is 10.2. The number of carbonyl (C=O) groups is 1. The summed E-state index contributed by atoms with van der Waals surface area (Å²) in [5.41, 5.74) is 6.18. The highest BCUT2D eigenvalue weighted by Crippen LogP contribution is 2.35. The predicted molar refractivity (Wildman–Crippen MR) is 72.2 cm³/mol. The van der Waals surface area contributed by atoms with Gasteiger partial charge >= 0.3 is 0 Å². The zero-order chi connectivity index (χ0) is 14.3. The quantitative estimate of drug-likeness (QED) is 0.851. The molecule has 0 atom stereocenters. The topological polar surface area (TPSA) is 68.5 Å². The van der Waals surface area contributed by atoms with Crippen molar-refractivity contribution in [2.45, 2.75) is 6.42 Å². The number of likely N-dealkylation sites (N-methyl/N-ethyl adjacent to an activating group) is 1. The summed E-state index contributed by atoms with van der Waals surface area (Å²) >= 11 is 0. The van der Waals surface area contributed by atoms with E-state index in [2.05, 4.69) is 4.98 Å². The summed E-state index contributed by atoms with van der Waals surface area (Å²) in [7, 11) is 1.66. The summed E-state index contributed by atoms with van der Waals surface area (Å²) in [4.78, 5) is 17.3. The molecular formula is C14H12FN3O2. The number of carbonyl (C=O) groups excluding carboxylic acids is 1. The Bertz CT molecular complexity index is 703. The average molecular weight is 273 g/mol. The molecular weight excluding hydrogens is 261 g/mol. The van der Waals surface area contributed by atoms with Crippen molar-refractivity contribution in [2.24, 2.45) is 0 Å². The SMILES string of the molecule is CN1C(=O)Cc2c(Oc3ccc(N)c(F)c3)ccnc21. The molecule has 3 rings (SSSR count). The number of hydrogen-bond donors (Lipinski definition) is 1. The van der Waals surface area contributed by atoms with Crippen molar-refractivity contribution >= 4 is 17.4 Å². The van der Waals surface area contributed by atoms with Crippen molar-refractivity contribution in [3.63, 3.8) is 0 Å². The minimum Gasteiger partial charge on any atom is -0.457 e. The normalized spacial score (nSPS) is 13.5. The van der Waals surface area contributed by atoms with Crippen LogP contribution in [0.4, 0.5) is 15.9 Å². The smallest absolute Gasteiger partial charge is 0.232 e. The molecule has 2 heterocycles. The summed E-state index contributed by atoms with van der Waals surface area (Å²) in [6, 6.07) is 5.87. The third-order valence-electron chi connectivity index (χ3n) is 3.21. The van der Waals surface area contributed by atoms with Gasteiger partial charge in [0.1, 0.15) is 23.1 Å². The largest absolute Gasteiger partial charge is 0.457 e. The fourth-order valence-corrected chi connectivity index (χ4v) is 2.10. The van der Waals surface area contributed by atoms with Crippen LogP contribution in [0.5, 0.6) is 11.5 Å². The van der Waals surface area contributed by atoms with Crippen LogP contribution in [0.1, 0.15) is 5.56 Å². The molecule has 6 heteroatoms. The standard InChI is InChI=1S/C14H12FN3O2/c1-18-13(19)7-9-12(4-5-17-14(9)18)20-8-2-3-11(16)10(15)6-8/h2-6H,7,16H2,1H3. The Labute approximate surface area is 114 Å². The third-order valence-corrected chi connectivity index (χ3v) is 3.21. The number of nitrogen functional groups attached to an aromatic ring is 1. The number of amides is 1. The van der Waals surface area contributed by atoms with E-state index >= 15 is 0 Å². The number of fused-ring (bicyclic) bond motifs is 1. The molecule has 0 bridgehead atoms. The van der Waals surface area contributed by atoms with Crippen LogP contribution >= 0.6 is 0 Å². The monoisotopic (exact) mass is 273 g/mol. The van der Waals surface area contributed by atoms with Crippen molar-refractivity contribution in [1.29, 1.82) is 0 Å². The first-order valence-corrected chi connectivity index (χ1v) is 6.03. The molecule has 2 aromatic rings. The van der Waals surface area contributed by atoms with E-state index in [4.69, 9.17) is 10.5 Å². The van der Waals surface area contributed by atoms with E-state index in [0.29, 0.717) is 22.9 Å². The molecule has 0 aliphatic carbocycles. The Balaban J connectivity index is 1.96. The van der Waals surface area contributed by atoms with Gasteiger partial charge in [-0.05, 0) is 18.2 Å². The minimum atomic E-state index is -0.540. The molecule has 0 unspecified atom stereocenters. The molecule has 1 aliphatic rings. The van der Waals surface area contributed by atoms with Gasteiger partial charge in [0.2, 0.25) is 5.91 Å². The number of ether oxygens (including phenoxy) is 1. The van der Waals surface area contributed by atoms with Gasteiger partial charge in [-0.2, -0.15) is 0 Å². The van der Waals surface area contributed by atoms with E-state index < -0.39 is 5.82 Å². The zero-order valence-corrected chi connectivity index (χ0v) is 10.8. The van der Waals surface area contributed by atoms with Gasteiger partial charge in [0.15, 0.2) is 0 Å². The molecule has 1 aromatic heterocycles. The molecule has 1 aliphatic heterocycles. The number of rotatable bonds is 2. The molecule has 2 N–H and O–H groups in total. The molecule has 20 heavy (non-hydrogen) atoms. The lowest BCUT2D eigenvalue weighted by Crippen LogP contribution is -2.21. The van der Waals surface area contributed by atoms with Crippen LogP contribution in [-0.4, -0.2) is 17.9 Å². The summed E-state index contributed by atoms with van der Waals surface area (Å²) in [6.45, 7) is 0. The number of nitrogens with two attached hydrogens (primary N) is 1. The van der Waals surface area contributed by atoms with Gasteiger partial charge in [0.25, 0.3) is 0 Å². The van der Waals surface area contributed by atoms with E-state index in [-0.39, 0.29) is 18.0 Å². The third kappa shape index (κ3) is 1.95. The molecule has 1 aromatic carbocycles. The Morgan fingerprint density at radius 3 is 2.95 bits per heavy atom. The lowest BCUT2D eigenvalue weighted by Gasteiger charge is -2.11. The number of hydrogen-bond acceptors (Lipinski definition) is 4.